The third kappa shape index (κ3) is 9.29. The summed E-state index contributed by atoms with van der Waals surface area (Å²) in [6, 6.07) is 9.78. The fourth-order valence-electron chi connectivity index (χ4n) is 3.58. The van der Waals surface area contributed by atoms with E-state index in [2.05, 4.69) is 0 Å². The molecule has 9 nitrogen and oxygen atoms in total. The Morgan fingerprint density at radius 2 is 1.55 bits per heavy atom. The third-order valence-corrected chi connectivity index (χ3v) is 4.92. The number of ether oxygens (including phenoxy) is 8. The Labute approximate surface area is 196 Å². The molecule has 0 spiro atoms. The van der Waals surface area contributed by atoms with Gasteiger partial charge in [0, 0.05) is 27.8 Å². The summed E-state index contributed by atoms with van der Waals surface area (Å²) in [5, 5.41) is 0. The lowest BCUT2D eigenvalue weighted by atomic mass is 9.95. The molecule has 0 amide bonds. The van der Waals surface area contributed by atoms with Gasteiger partial charge in [-0.1, -0.05) is 30.3 Å². The van der Waals surface area contributed by atoms with Gasteiger partial charge in [-0.3, -0.25) is 4.79 Å². The van der Waals surface area contributed by atoms with Gasteiger partial charge in [-0.05, 0) is 32.8 Å². The predicted molar refractivity (Wildman–Crippen MR) is 119 cm³/mol. The molecular weight excluding hydrogens is 432 g/mol. The standard InChI is InChI=1S/C24H38O9/c1-24(2,3)33-19(25)13-12-18-20(29-14-17-10-8-7-9-11-17)21(30-15-26-4)22(31-16-27-5)23(28-6)32-18/h7-11,18,20-23H,12-16H2,1-6H3/t18-,20-,21+,22-,23+/m1/s1. The minimum atomic E-state index is -0.748. The maximum absolute atomic E-state index is 12.4. The monoisotopic (exact) mass is 470 g/mol. The van der Waals surface area contributed by atoms with E-state index in [-0.39, 0.29) is 26.0 Å². The van der Waals surface area contributed by atoms with Crippen molar-refractivity contribution < 1.29 is 42.7 Å². The van der Waals surface area contributed by atoms with Crippen LogP contribution in [-0.2, 0) is 49.3 Å². The zero-order chi connectivity index (χ0) is 24.3. The summed E-state index contributed by atoms with van der Waals surface area (Å²) in [7, 11) is 4.60. The lowest BCUT2D eigenvalue weighted by Gasteiger charge is -2.45. The molecule has 0 unspecified atom stereocenters. The van der Waals surface area contributed by atoms with Crippen LogP contribution in [0.5, 0.6) is 0 Å². The molecule has 1 aromatic carbocycles. The molecule has 0 N–H and O–H groups in total. The molecule has 1 saturated heterocycles. The van der Waals surface area contributed by atoms with Crippen molar-refractivity contribution in [1.82, 2.24) is 0 Å². The molecule has 33 heavy (non-hydrogen) atoms. The summed E-state index contributed by atoms with van der Waals surface area (Å²) in [5.41, 5.74) is 0.434. The molecule has 0 radical (unpaired) electrons. The van der Waals surface area contributed by atoms with Gasteiger partial charge in [0.05, 0.1) is 12.7 Å². The van der Waals surface area contributed by atoms with Gasteiger partial charge >= 0.3 is 5.97 Å². The molecule has 1 aliphatic heterocycles. The normalized spacial score (nSPS) is 25.7. The van der Waals surface area contributed by atoms with Crippen LogP contribution < -0.4 is 0 Å². The molecule has 0 saturated carbocycles. The molecule has 9 heteroatoms. The summed E-state index contributed by atoms with van der Waals surface area (Å²) in [5.74, 6) is -0.311. The largest absolute Gasteiger partial charge is 0.460 e. The zero-order valence-electron chi connectivity index (χ0n) is 20.5. The van der Waals surface area contributed by atoms with Crippen molar-refractivity contribution in [2.24, 2.45) is 0 Å². The quantitative estimate of drug-likeness (QED) is 0.319. The second-order valence-electron chi connectivity index (χ2n) is 8.74. The Balaban J connectivity index is 2.22. The van der Waals surface area contributed by atoms with Crippen LogP contribution >= 0.6 is 0 Å². The second kappa shape index (κ2) is 14.0. The first-order chi connectivity index (χ1) is 15.8. The minimum absolute atomic E-state index is 0.0225. The number of carbonyl (C=O) groups excluding carboxylic acids is 1. The Bertz CT molecular complexity index is 676. The molecule has 2 rings (SSSR count). The molecule has 0 aromatic heterocycles. The van der Waals surface area contributed by atoms with Crippen LogP contribution in [0, 0.1) is 0 Å². The van der Waals surface area contributed by atoms with E-state index in [4.69, 9.17) is 37.9 Å². The number of hydrogen-bond acceptors (Lipinski definition) is 9. The van der Waals surface area contributed by atoms with E-state index in [0.717, 1.165) is 5.56 Å². The third-order valence-electron chi connectivity index (χ3n) is 4.92. The maximum Gasteiger partial charge on any atom is 0.306 e. The molecular formula is C24H38O9. The molecule has 5 atom stereocenters. The van der Waals surface area contributed by atoms with Crippen molar-refractivity contribution in [3.63, 3.8) is 0 Å². The van der Waals surface area contributed by atoms with E-state index in [1.165, 1.54) is 21.3 Å². The van der Waals surface area contributed by atoms with E-state index >= 15 is 0 Å². The van der Waals surface area contributed by atoms with Gasteiger partial charge < -0.3 is 37.9 Å². The molecule has 0 aliphatic carbocycles. The average Bonchev–Trinajstić information content (AvgIpc) is 2.78. The number of rotatable bonds is 13. The van der Waals surface area contributed by atoms with Crippen LogP contribution in [0.25, 0.3) is 0 Å². The summed E-state index contributed by atoms with van der Waals surface area (Å²) in [6.07, 6.45) is -2.52. The van der Waals surface area contributed by atoms with Crippen LogP contribution in [-0.4, -0.2) is 77.2 Å². The minimum Gasteiger partial charge on any atom is -0.460 e. The number of methoxy groups -OCH3 is 3. The van der Waals surface area contributed by atoms with E-state index in [9.17, 15) is 4.79 Å². The Kier molecular flexibility index (Phi) is 11.7. The van der Waals surface area contributed by atoms with Gasteiger partial charge in [0.25, 0.3) is 0 Å². The van der Waals surface area contributed by atoms with Crippen molar-refractivity contribution in [2.75, 3.05) is 34.9 Å². The number of benzene rings is 1. The van der Waals surface area contributed by atoms with E-state index in [0.29, 0.717) is 13.0 Å². The van der Waals surface area contributed by atoms with Crippen molar-refractivity contribution in [3.8, 4) is 0 Å². The highest BCUT2D eigenvalue weighted by molar-refractivity contribution is 5.69. The Morgan fingerprint density at radius 1 is 0.909 bits per heavy atom. The molecule has 1 heterocycles. The van der Waals surface area contributed by atoms with Gasteiger partial charge in [0.1, 0.15) is 37.5 Å². The highest BCUT2D eigenvalue weighted by Gasteiger charge is 2.48. The zero-order valence-corrected chi connectivity index (χ0v) is 20.5. The molecule has 188 valence electrons. The molecule has 1 fully saturated rings. The first kappa shape index (κ1) is 27.7. The predicted octanol–water partition coefficient (Wildman–Crippen LogP) is 3.04. The van der Waals surface area contributed by atoms with Gasteiger partial charge in [-0.15, -0.1) is 0 Å². The SMILES string of the molecule is COCO[C@@H]1[C@@H](OCOC)[C@@H](OC)O[C@H](CCC(=O)OC(C)(C)C)[C@H]1OCc1ccccc1. The number of esters is 1. The summed E-state index contributed by atoms with van der Waals surface area (Å²) in [6.45, 7) is 5.88. The lowest BCUT2D eigenvalue weighted by molar-refractivity contribution is -0.330. The second-order valence-corrected chi connectivity index (χ2v) is 8.74. The first-order valence-electron chi connectivity index (χ1n) is 11.1. The fourth-order valence-corrected chi connectivity index (χ4v) is 3.58. The summed E-state index contributed by atoms with van der Waals surface area (Å²) in [4.78, 5) is 12.4. The van der Waals surface area contributed by atoms with Crippen molar-refractivity contribution in [3.05, 3.63) is 35.9 Å². The summed E-state index contributed by atoms with van der Waals surface area (Å²) < 4.78 is 45.5. The molecule has 1 aliphatic rings. The highest BCUT2D eigenvalue weighted by atomic mass is 16.7. The smallest absolute Gasteiger partial charge is 0.306 e. The van der Waals surface area contributed by atoms with Crippen LogP contribution in [0.15, 0.2) is 30.3 Å². The van der Waals surface area contributed by atoms with Crippen LogP contribution in [0.2, 0.25) is 0 Å². The van der Waals surface area contributed by atoms with Gasteiger partial charge in [0.15, 0.2) is 6.29 Å². The van der Waals surface area contributed by atoms with Crippen molar-refractivity contribution in [1.29, 1.82) is 0 Å². The van der Waals surface area contributed by atoms with Gasteiger partial charge in [-0.2, -0.15) is 0 Å². The first-order valence-corrected chi connectivity index (χ1v) is 11.1. The molecule has 1 aromatic rings. The van der Waals surface area contributed by atoms with Crippen molar-refractivity contribution >= 4 is 5.97 Å². The summed E-state index contributed by atoms with van der Waals surface area (Å²) >= 11 is 0. The van der Waals surface area contributed by atoms with Crippen molar-refractivity contribution in [2.45, 2.75) is 76.5 Å². The topological polar surface area (TPSA) is 90.9 Å². The molecule has 0 bridgehead atoms. The van der Waals surface area contributed by atoms with E-state index in [1.54, 1.807) is 0 Å². The lowest BCUT2D eigenvalue weighted by Crippen LogP contribution is -2.61. The van der Waals surface area contributed by atoms with E-state index < -0.39 is 36.3 Å². The van der Waals surface area contributed by atoms with E-state index in [1.807, 2.05) is 51.1 Å². The average molecular weight is 471 g/mol. The highest BCUT2D eigenvalue weighted by Crippen LogP contribution is 2.31. The van der Waals surface area contributed by atoms with Gasteiger partial charge in [0.2, 0.25) is 0 Å². The Hall–Kier alpha value is -1.59. The van der Waals surface area contributed by atoms with Gasteiger partial charge in [-0.25, -0.2) is 0 Å². The maximum atomic E-state index is 12.4. The van der Waals surface area contributed by atoms with Crippen LogP contribution in [0.4, 0.5) is 0 Å². The van der Waals surface area contributed by atoms with Crippen LogP contribution in [0.3, 0.4) is 0 Å². The Morgan fingerprint density at radius 3 is 2.12 bits per heavy atom. The number of carbonyl (C=O) groups is 1. The fraction of sp³-hybridized carbons (Fsp3) is 0.708. The van der Waals surface area contributed by atoms with Crippen LogP contribution in [0.1, 0.15) is 39.2 Å². The number of hydrogen-bond donors (Lipinski definition) is 0.